The molecule has 4 aromatic rings. The van der Waals surface area contributed by atoms with Gasteiger partial charge in [0.25, 0.3) is 11.5 Å². The minimum absolute atomic E-state index is 0.325. The van der Waals surface area contributed by atoms with E-state index in [2.05, 4.69) is 26.3 Å². The van der Waals surface area contributed by atoms with Gasteiger partial charge in [0.05, 0.1) is 10.9 Å². The molecule has 4 rings (SSSR count). The van der Waals surface area contributed by atoms with E-state index in [1.54, 1.807) is 42.5 Å². The highest BCUT2D eigenvalue weighted by molar-refractivity contribution is 9.10. The van der Waals surface area contributed by atoms with E-state index in [0.717, 1.165) is 21.2 Å². The Morgan fingerprint density at radius 3 is 2.41 bits per heavy atom. The van der Waals surface area contributed by atoms with Crippen LogP contribution in [0.15, 0.2) is 76.0 Å². The maximum atomic E-state index is 13.2. The summed E-state index contributed by atoms with van der Waals surface area (Å²) >= 11 is 3.36. The first kappa shape index (κ1) is 19.1. The van der Waals surface area contributed by atoms with Gasteiger partial charge in [0.15, 0.2) is 5.82 Å². The van der Waals surface area contributed by atoms with E-state index in [-0.39, 0.29) is 11.5 Å². The summed E-state index contributed by atoms with van der Waals surface area (Å²) in [7, 11) is 0. The van der Waals surface area contributed by atoms with Crippen LogP contribution in [0, 0.1) is 13.8 Å². The predicted molar refractivity (Wildman–Crippen MR) is 119 cm³/mol. The van der Waals surface area contributed by atoms with E-state index in [0.29, 0.717) is 22.3 Å². The number of carbonyl (C=O) groups is 1. The summed E-state index contributed by atoms with van der Waals surface area (Å²) in [4.78, 5) is 30.7. The monoisotopic (exact) mass is 447 g/mol. The molecule has 1 heterocycles. The van der Waals surface area contributed by atoms with Gasteiger partial charge in [0, 0.05) is 15.6 Å². The van der Waals surface area contributed by atoms with Gasteiger partial charge in [-0.1, -0.05) is 40.2 Å². The van der Waals surface area contributed by atoms with E-state index < -0.39 is 0 Å². The van der Waals surface area contributed by atoms with E-state index in [9.17, 15) is 9.59 Å². The second kappa shape index (κ2) is 7.64. The molecule has 1 N–H and O–H groups in total. The molecule has 0 radical (unpaired) electrons. The molecular weight excluding hydrogens is 430 g/mol. The Bertz CT molecular complexity index is 1290. The molecule has 0 saturated carbocycles. The van der Waals surface area contributed by atoms with Crippen LogP contribution in [-0.2, 0) is 0 Å². The van der Waals surface area contributed by atoms with Crippen molar-refractivity contribution in [3.8, 4) is 11.4 Å². The van der Waals surface area contributed by atoms with Crippen molar-refractivity contribution in [3.63, 3.8) is 0 Å². The predicted octanol–water partition coefficient (Wildman–Crippen LogP) is 4.83. The normalized spacial score (nSPS) is 10.9. The van der Waals surface area contributed by atoms with Gasteiger partial charge in [0.1, 0.15) is 0 Å². The number of para-hydroxylation sites is 1. The van der Waals surface area contributed by atoms with Gasteiger partial charge in [-0.2, -0.15) is 4.68 Å². The van der Waals surface area contributed by atoms with Crippen LogP contribution in [0.1, 0.15) is 21.5 Å². The van der Waals surface area contributed by atoms with Gasteiger partial charge in [-0.15, -0.1) is 0 Å². The van der Waals surface area contributed by atoms with Crippen LogP contribution in [0.4, 0.5) is 0 Å². The number of carbonyl (C=O) groups excluding carboxylic acids is 1. The number of rotatable bonds is 3. The Morgan fingerprint density at radius 1 is 0.966 bits per heavy atom. The number of hydrogen-bond donors (Lipinski definition) is 1. The number of hydrogen-bond acceptors (Lipinski definition) is 3. The van der Waals surface area contributed by atoms with Crippen molar-refractivity contribution < 1.29 is 4.79 Å². The Balaban J connectivity index is 1.89. The van der Waals surface area contributed by atoms with Gasteiger partial charge in [-0.05, 0) is 67.4 Å². The Kier molecular flexibility index (Phi) is 5.03. The summed E-state index contributed by atoms with van der Waals surface area (Å²) in [5.74, 6) is 0.00373. The second-order valence-electron chi connectivity index (χ2n) is 6.84. The van der Waals surface area contributed by atoms with Crippen LogP contribution >= 0.6 is 15.9 Å². The fourth-order valence-corrected chi connectivity index (χ4v) is 3.34. The van der Waals surface area contributed by atoms with Crippen molar-refractivity contribution in [2.45, 2.75) is 13.8 Å². The minimum Gasteiger partial charge on any atom is -0.267 e. The molecule has 29 heavy (non-hydrogen) atoms. The molecular formula is C23H18BrN3O2. The van der Waals surface area contributed by atoms with Crippen molar-refractivity contribution in [1.29, 1.82) is 0 Å². The van der Waals surface area contributed by atoms with Crippen molar-refractivity contribution >= 4 is 32.7 Å². The van der Waals surface area contributed by atoms with Crippen LogP contribution in [0.5, 0.6) is 0 Å². The number of fused-ring (bicyclic) bond motifs is 1. The highest BCUT2D eigenvalue weighted by Crippen LogP contribution is 2.21. The summed E-state index contributed by atoms with van der Waals surface area (Å²) in [6, 6.07) is 19.9. The molecule has 1 aromatic heterocycles. The molecule has 0 aliphatic carbocycles. The van der Waals surface area contributed by atoms with Gasteiger partial charge in [-0.25, -0.2) is 4.98 Å². The van der Waals surface area contributed by atoms with E-state index in [1.165, 1.54) is 4.68 Å². The molecule has 3 aromatic carbocycles. The number of aryl methyl sites for hydroxylation is 2. The standard InChI is InChI=1S/C23H18BrN3O2/c1-14-7-8-17(13-15(14)2)21-25-20-6-4-3-5-19(20)23(29)27(21)26-22(28)16-9-11-18(24)12-10-16/h3-13H,1-2H3,(H,26,28). The average Bonchev–Trinajstić information content (AvgIpc) is 2.72. The largest absolute Gasteiger partial charge is 0.280 e. The lowest BCUT2D eigenvalue weighted by molar-refractivity contribution is 0.101. The Labute approximate surface area is 176 Å². The third-order valence-corrected chi connectivity index (χ3v) is 5.39. The molecule has 0 spiro atoms. The molecule has 5 nitrogen and oxygen atoms in total. The highest BCUT2D eigenvalue weighted by Gasteiger charge is 2.16. The lowest BCUT2D eigenvalue weighted by Crippen LogP contribution is -2.35. The number of nitrogens with one attached hydrogen (secondary N) is 1. The zero-order chi connectivity index (χ0) is 20.5. The lowest BCUT2D eigenvalue weighted by Gasteiger charge is -2.15. The Morgan fingerprint density at radius 2 is 1.69 bits per heavy atom. The van der Waals surface area contributed by atoms with Gasteiger partial charge in [-0.3, -0.25) is 15.0 Å². The zero-order valence-corrected chi connectivity index (χ0v) is 17.5. The molecule has 0 fully saturated rings. The molecule has 0 aliphatic heterocycles. The third kappa shape index (κ3) is 3.71. The SMILES string of the molecule is Cc1ccc(-c2nc3ccccc3c(=O)n2NC(=O)c2ccc(Br)cc2)cc1C. The van der Waals surface area contributed by atoms with Crippen LogP contribution in [0.2, 0.25) is 0 Å². The fourth-order valence-electron chi connectivity index (χ4n) is 3.08. The molecule has 0 unspecified atom stereocenters. The van der Waals surface area contributed by atoms with Crippen LogP contribution in [0.25, 0.3) is 22.3 Å². The maximum Gasteiger partial charge on any atom is 0.280 e. The van der Waals surface area contributed by atoms with Gasteiger partial charge < -0.3 is 0 Å². The first-order chi connectivity index (χ1) is 13.9. The number of amides is 1. The summed E-state index contributed by atoms with van der Waals surface area (Å²) in [5.41, 5.74) is 6.41. The molecule has 1 amide bonds. The number of nitrogens with zero attached hydrogens (tertiary/aromatic N) is 2. The average molecular weight is 448 g/mol. The molecule has 0 bridgehead atoms. The quantitative estimate of drug-likeness (QED) is 0.489. The number of aromatic nitrogens is 2. The van der Waals surface area contributed by atoms with Crippen LogP contribution < -0.4 is 11.0 Å². The Hall–Kier alpha value is -3.25. The van der Waals surface area contributed by atoms with Gasteiger partial charge in [0.2, 0.25) is 0 Å². The summed E-state index contributed by atoms with van der Waals surface area (Å²) in [6.45, 7) is 4.03. The molecule has 6 heteroatoms. The van der Waals surface area contributed by atoms with E-state index >= 15 is 0 Å². The second-order valence-corrected chi connectivity index (χ2v) is 7.76. The lowest BCUT2D eigenvalue weighted by atomic mass is 10.1. The van der Waals surface area contributed by atoms with Crippen molar-refractivity contribution in [2.24, 2.45) is 0 Å². The van der Waals surface area contributed by atoms with Gasteiger partial charge >= 0.3 is 0 Å². The molecule has 0 atom stereocenters. The van der Waals surface area contributed by atoms with Crippen molar-refractivity contribution in [2.75, 3.05) is 5.43 Å². The highest BCUT2D eigenvalue weighted by atomic mass is 79.9. The van der Waals surface area contributed by atoms with E-state index in [1.807, 2.05) is 38.1 Å². The van der Waals surface area contributed by atoms with Crippen LogP contribution in [0.3, 0.4) is 0 Å². The summed E-state index contributed by atoms with van der Waals surface area (Å²) < 4.78 is 2.10. The molecule has 0 saturated heterocycles. The topological polar surface area (TPSA) is 64.0 Å². The molecule has 144 valence electrons. The first-order valence-electron chi connectivity index (χ1n) is 9.10. The zero-order valence-electron chi connectivity index (χ0n) is 15.9. The first-order valence-corrected chi connectivity index (χ1v) is 9.90. The minimum atomic E-state index is -0.387. The maximum absolute atomic E-state index is 13.2. The summed E-state index contributed by atoms with van der Waals surface area (Å²) in [5, 5.41) is 0.441. The van der Waals surface area contributed by atoms with Crippen molar-refractivity contribution in [3.05, 3.63) is 98.2 Å². The van der Waals surface area contributed by atoms with E-state index in [4.69, 9.17) is 0 Å². The number of benzene rings is 3. The fraction of sp³-hybridized carbons (Fsp3) is 0.0870. The third-order valence-electron chi connectivity index (χ3n) is 4.86. The van der Waals surface area contributed by atoms with Crippen molar-refractivity contribution in [1.82, 2.24) is 9.66 Å². The summed E-state index contributed by atoms with van der Waals surface area (Å²) in [6.07, 6.45) is 0. The van der Waals surface area contributed by atoms with Crippen LogP contribution in [-0.4, -0.2) is 15.6 Å². The number of halogens is 1. The molecule has 0 aliphatic rings. The smallest absolute Gasteiger partial charge is 0.267 e.